The quantitative estimate of drug-likeness (QED) is 0.871. The van der Waals surface area contributed by atoms with Crippen LogP contribution in [-0.2, 0) is 4.79 Å². The molecule has 0 saturated carbocycles. The van der Waals surface area contributed by atoms with Gasteiger partial charge in [0.2, 0.25) is 5.91 Å². The highest BCUT2D eigenvalue weighted by Crippen LogP contribution is 2.26. The van der Waals surface area contributed by atoms with Crippen LogP contribution in [-0.4, -0.2) is 19.0 Å². The van der Waals surface area contributed by atoms with Gasteiger partial charge in [-0.15, -0.1) is 0 Å². The number of carbonyl (C=O) groups is 1. The lowest BCUT2D eigenvalue weighted by Crippen LogP contribution is -2.46. The Morgan fingerprint density at radius 3 is 2.22 bits per heavy atom. The second-order valence-electron chi connectivity index (χ2n) is 5.00. The van der Waals surface area contributed by atoms with E-state index in [-0.39, 0.29) is 5.91 Å². The van der Waals surface area contributed by atoms with Crippen molar-refractivity contribution in [1.82, 2.24) is 0 Å². The van der Waals surface area contributed by atoms with E-state index in [0.29, 0.717) is 13.1 Å². The molecule has 1 aromatic rings. The summed E-state index contributed by atoms with van der Waals surface area (Å²) >= 11 is 0. The topological polar surface area (TPSA) is 46.3 Å². The lowest BCUT2D eigenvalue weighted by molar-refractivity contribution is -0.127. The van der Waals surface area contributed by atoms with Gasteiger partial charge in [0.05, 0.1) is 5.41 Å². The number of carbonyl (C=O) groups excluding carboxylic acids is 1. The molecule has 1 amide bonds. The van der Waals surface area contributed by atoms with E-state index in [1.54, 1.807) is 0 Å². The van der Waals surface area contributed by atoms with Crippen LogP contribution in [0.25, 0.3) is 0 Å². The molecule has 3 nitrogen and oxygen atoms in total. The molecule has 0 radical (unpaired) electrons. The van der Waals surface area contributed by atoms with Crippen LogP contribution >= 0.6 is 0 Å². The summed E-state index contributed by atoms with van der Waals surface area (Å²) in [4.78, 5) is 14.4. The van der Waals surface area contributed by atoms with Crippen LogP contribution in [0.3, 0.4) is 0 Å². The summed E-state index contributed by atoms with van der Waals surface area (Å²) in [6, 6.07) is 8.03. The molecule has 0 aliphatic rings. The summed E-state index contributed by atoms with van der Waals surface area (Å²) in [5.74, 6) is 0.110. The second kappa shape index (κ2) is 6.01. The van der Waals surface area contributed by atoms with Gasteiger partial charge in [0, 0.05) is 18.8 Å². The maximum atomic E-state index is 12.6. The van der Waals surface area contributed by atoms with Gasteiger partial charge in [0.1, 0.15) is 0 Å². The molecule has 0 fully saturated rings. The first-order valence-corrected chi connectivity index (χ1v) is 6.57. The Bertz CT molecular complexity index is 393. The second-order valence-corrected chi connectivity index (χ2v) is 5.00. The minimum absolute atomic E-state index is 0.110. The Balaban J connectivity index is 3.03. The van der Waals surface area contributed by atoms with Gasteiger partial charge in [-0.2, -0.15) is 0 Å². The van der Waals surface area contributed by atoms with Crippen LogP contribution in [0.2, 0.25) is 0 Å². The fraction of sp³-hybridized carbons (Fsp3) is 0.533. The first-order valence-electron chi connectivity index (χ1n) is 6.57. The molecule has 1 rings (SSSR count). The minimum Gasteiger partial charge on any atom is -0.329 e. The van der Waals surface area contributed by atoms with Crippen LogP contribution in [0, 0.1) is 12.3 Å². The number of benzene rings is 1. The molecule has 3 heteroatoms. The molecule has 100 valence electrons. The van der Waals surface area contributed by atoms with Gasteiger partial charge in [-0.3, -0.25) is 4.79 Å². The number of hydrogen-bond acceptors (Lipinski definition) is 2. The van der Waals surface area contributed by atoms with E-state index >= 15 is 0 Å². The standard InChI is InChI=1S/C15H24N2O/c1-5-15(4,11-16)14(18)17(6-2)13-9-7-12(3)8-10-13/h7-10H,5-6,11,16H2,1-4H3. The number of aryl methyl sites for hydroxylation is 1. The summed E-state index contributed by atoms with van der Waals surface area (Å²) in [7, 11) is 0. The third-order valence-electron chi connectivity index (χ3n) is 3.65. The zero-order valence-corrected chi connectivity index (χ0v) is 11.9. The summed E-state index contributed by atoms with van der Waals surface area (Å²) < 4.78 is 0. The van der Waals surface area contributed by atoms with Crippen molar-refractivity contribution in [3.05, 3.63) is 29.8 Å². The van der Waals surface area contributed by atoms with Gasteiger partial charge in [-0.05, 0) is 39.3 Å². The van der Waals surface area contributed by atoms with Crippen molar-refractivity contribution in [3.8, 4) is 0 Å². The average Bonchev–Trinajstić information content (AvgIpc) is 2.40. The van der Waals surface area contributed by atoms with Crippen molar-refractivity contribution in [3.63, 3.8) is 0 Å². The number of nitrogens with zero attached hydrogens (tertiary/aromatic N) is 1. The molecule has 0 aliphatic carbocycles. The maximum Gasteiger partial charge on any atom is 0.234 e. The summed E-state index contributed by atoms with van der Waals surface area (Å²) in [6.45, 7) is 9.02. The zero-order chi connectivity index (χ0) is 13.8. The number of rotatable bonds is 5. The van der Waals surface area contributed by atoms with Gasteiger partial charge in [-0.1, -0.05) is 24.6 Å². The predicted molar refractivity (Wildman–Crippen MR) is 76.7 cm³/mol. The van der Waals surface area contributed by atoms with Crippen molar-refractivity contribution < 1.29 is 4.79 Å². The predicted octanol–water partition coefficient (Wildman–Crippen LogP) is 2.72. The maximum absolute atomic E-state index is 12.6. The molecular formula is C15H24N2O. The highest BCUT2D eigenvalue weighted by Gasteiger charge is 2.33. The van der Waals surface area contributed by atoms with Crippen LogP contribution in [0.1, 0.15) is 32.8 Å². The van der Waals surface area contributed by atoms with Crippen LogP contribution in [0.5, 0.6) is 0 Å². The summed E-state index contributed by atoms with van der Waals surface area (Å²) in [6.07, 6.45) is 0.755. The lowest BCUT2D eigenvalue weighted by Gasteiger charge is -2.32. The van der Waals surface area contributed by atoms with Gasteiger partial charge in [-0.25, -0.2) is 0 Å². The SMILES string of the molecule is CCN(C(=O)C(C)(CC)CN)c1ccc(C)cc1. The molecular weight excluding hydrogens is 224 g/mol. The normalized spacial score (nSPS) is 14.1. The first kappa shape index (κ1) is 14.7. The van der Waals surface area contributed by atoms with E-state index in [4.69, 9.17) is 5.73 Å². The number of hydrogen-bond donors (Lipinski definition) is 1. The average molecular weight is 248 g/mol. The smallest absolute Gasteiger partial charge is 0.234 e. The Kier molecular flexibility index (Phi) is 4.91. The number of nitrogens with two attached hydrogens (primary N) is 1. The molecule has 2 N–H and O–H groups in total. The van der Waals surface area contributed by atoms with E-state index in [1.165, 1.54) is 5.56 Å². The van der Waals surface area contributed by atoms with Crippen LogP contribution < -0.4 is 10.6 Å². The largest absolute Gasteiger partial charge is 0.329 e. The summed E-state index contributed by atoms with van der Waals surface area (Å²) in [5.41, 5.74) is 7.43. The van der Waals surface area contributed by atoms with E-state index in [0.717, 1.165) is 12.1 Å². The lowest BCUT2D eigenvalue weighted by atomic mass is 9.86. The number of amides is 1. The fourth-order valence-electron chi connectivity index (χ4n) is 1.88. The zero-order valence-electron chi connectivity index (χ0n) is 11.9. The Morgan fingerprint density at radius 2 is 1.83 bits per heavy atom. The summed E-state index contributed by atoms with van der Waals surface area (Å²) in [5, 5.41) is 0. The van der Waals surface area contributed by atoms with Crippen molar-refractivity contribution in [2.75, 3.05) is 18.0 Å². The minimum atomic E-state index is -0.471. The van der Waals surface area contributed by atoms with Crippen molar-refractivity contribution >= 4 is 11.6 Å². The van der Waals surface area contributed by atoms with Crippen molar-refractivity contribution in [2.45, 2.75) is 34.1 Å². The molecule has 0 aliphatic heterocycles. The van der Waals surface area contributed by atoms with Gasteiger partial charge < -0.3 is 10.6 Å². The van der Waals surface area contributed by atoms with E-state index in [1.807, 2.05) is 56.9 Å². The third-order valence-corrected chi connectivity index (χ3v) is 3.65. The molecule has 1 unspecified atom stereocenters. The molecule has 1 aromatic carbocycles. The molecule has 0 saturated heterocycles. The van der Waals surface area contributed by atoms with E-state index < -0.39 is 5.41 Å². The van der Waals surface area contributed by atoms with Gasteiger partial charge in [0.25, 0.3) is 0 Å². The van der Waals surface area contributed by atoms with Crippen molar-refractivity contribution in [1.29, 1.82) is 0 Å². The van der Waals surface area contributed by atoms with E-state index in [2.05, 4.69) is 0 Å². The third kappa shape index (κ3) is 2.91. The molecule has 1 atom stereocenters. The van der Waals surface area contributed by atoms with Crippen LogP contribution in [0.4, 0.5) is 5.69 Å². The Labute approximate surface area is 110 Å². The fourth-order valence-corrected chi connectivity index (χ4v) is 1.88. The molecule has 0 aromatic heterocycles. The molecule has 0 bridgehead atoms. The Morgan fingerprint density at radius 1 is 1.28 bits per heavy atom. The number of anilines is 1. The molecule has 0 spiro atoms. The molecule has 18 heavy (non-hydrogen) atoms. The first-order chi connectivity index (χ1) is 8.48. The van der Waals surface area contributed by atoms with Crippen molar-refractivity contribution in [2.24, 2.45) is 11.1 Å². The van der Waals surface area contributed by atoms with Crippen LogP contribution in [0.15, 0.2) is 24.3 Å². The highest BCUT2D eigenvalue weighted by atomic mass is 16.2. The molecule has 0 heterocycles. The van der Waals surface area contributed by atoms with Gasteiger partial charge in [0.15, 0.2) is 0 Å². The Hall–Kier alpha value is -1.35. The monoisotopic (exact) mass is 248 g/mol. The highest BCUT2D eigenvalue weighted by molar-refractivity contribution is 5.97. The van der Waals surface area contributed by atoms with E-state index in [9.17, 15) is 4.79 Å². The van der Waals surface area contributed by atoms with Gasteiger partial charge >= 0.3 is 0 Å².